The van der Waals surface area contributed by atoms with Crippen LogP contribution >= 0.6 is 11.8 Å². The first-order chi connectivity index (χ1) is 6.38. The van der Waals surface area contributed by atoms with Crippen molar-refractivity contribution in [2.24, 2.45) is 11.8 Å². The minimum absolute atomic E-state index is 0.418. The summed E-state index contributed by atoms with van der Waals surface area (Å²) in [4.78, 5) is 12.0. The number of carbonyl (C=O) groups excluding carboxylic acids is 1. The molecule has 2 fully saturated rings. The SMILES string of the molecule is O=C(C1CCCC1)C1CCCSC1. The molecule has 1 unspecified atom stereocenters. The van der Waals surface area contributed by atoms with E-state index < -0.39 is 0 Å². The van der Waals surface area contributed by atoms with Gasteiger partial charge in [0, 0.05) is 17.6 Å². The van der Waals surface area contributed by atoms with Crippen molar-refractivity contribution in [3.8, 4) is 0 Å². The van der Waals surface area contributed by atoms with Crippen molar-refractivity contribution in [2.75, 3.05) is 11.5 Å². The van der Waals surface area contributed by atoms with Gasteiger partial charge in [-0.25, -0.2) is 0 Å². The fraction of sp³-hybridized carbons (Fsp3) is 0.909. The number of thioether (sulfide) groups is 1. The molecular weight excluding hydrogens is 180 g/mol. The Bertz CT molecular complexity index is 179. The molecule has 1 heterocycles. The molecule has 2 heteroatoms. The molecule has 0 N–H and O–H groups in total. The average Bonchev–Trinajstić information content (AvgIpc) is 2.71. The summed E-state index contributed by atoms with van der Waals surface area (Å²) < 4.78 is 0. The van der Waals surface area contributed by atoms with Crippen LogP contribution in [0.15, 0.2) is 0 Å². The van der Waals surface area contributed by atoms with Gasteiger partial charge in [0.1, 0.15) is 5.78 Å². The molecule has 0 aromatic carbocycles. The highest BCUT2D eigenvalue weighted by Gasteiger charge is 2.29. The van der Waals surface area contributed by atoms with E-state index in [9.17, 15) is 4.79 Å². The number of hydrogen-bond acceptors (Lipinski definition) is 2. The Morgan fingerprint density at radius 2 is 1.69 bits per heavy atom. The fourth-order valence-corrected chi connectivity index (χ4v) is 3.66. The van der Waals surface area contributed by atoms with Crippen LogP contribution in [0, 0.1) is 11.8 Å². The standard InChI is InChI=1S/C11H18OS/c12-11(9-4-1-2-5-9)10-6-3-7-13-8-10/h9-10H,1-8H2. The first-order valence-electron chi connectivity index (χ1n) is 5.49. The van der Waals surface area contributed by atoms with Gasteiger partial charge in [0.2, 0.25) is 0 Å². The summed E-state index contributed by atoms with van der Waals surface area (Å²) >= 11 is 1.97. The Morgan fingerprint density at radius 3 is 2.31 bits per heavy atom. The van der Waals surface area contributed by atoms with Crippen molar-refractivity contribution >= 4 is 17.5 Å². The van der Waals surface area contributed by atoms with Gasteiger partial charge in [-0.1, -0.05) is 12.8 Å². The van der Waals surface area contributed by atoms with Gasteiger partial charge in [-0.05, 0) is 31.4 Å². The Balaban J connectivity index is 1.87. The molecule has 0 radical (unpaired) electrons. The molecule has 0 aromatic rings. The van der Waals surface area contributed by atoms with Crippen molar-refractivity contribution in [3.63, 3.8) is 0 Å². The molecule has 0 aromatic heterocycles. The number of hydrogen-bond donors (Lipinski definition) is 0. The third-order valence-electron chi connectivity index (χ3n) is 3.32. The number of carbonyl (C=O) groups is 1. The molecular formula is C11H18OS. The molecule has 13 heavy (non-hydrogen) atoms. The van der Waals surface area contributed by atoms with Crippen molar-refractivity contribution in [3.05, 3.63) is 0 Å². The topological polar surface area (TPSA) is 17.1 Å². The van der Waals surface area contributed by atoms with E-state index in [1.54, 1.807) is 0 Å². The summed E-state index contributed by atoms with van der Waals surface area (Å²) in [5.74, 6) is 3.85. The van der Waals surface area contributed by atoms with Crippen LogP contribution in [0.25, 0.3) is 0 Å². The number of Topliss-reactive ketones (excluding diaryl/α,β-unsaturated/α-hetero) is 1. The third kappa shape index (κ3) is 2.28. The monoisotopic (exact) mass is 198 g/mol. The predicted molar refractivity (Wildman–Crippen MR) is 57.0 cm³/mol. The van der Waals surface area contributed by atoms with E-state index >= 15 is 0 Å². The fourth-order valence-electron chi connectivity index (χ4n) is 2.51. The second kappa shape index (κ2) is 4.50. The van der Waals surface area contributed by atoms with E-state index in [0.717, 1.165) is 5.75 Å². The Hall–Kier alpha value is 0.0200. The van der Waals surface area contributed by atoms with E-state index in [1.165, 1.54) is 44.3 Å². The van der Waals surface area contributed by atoms with Gasteiger partial charge in [-0.2, -0.15) is 11.8 Å². The first-order valence-corrected chi connectivity index (χ1v) is 6.65. The lowest BCUT2D eigenvalue weighted by Crippen LogP contribution is -2.26. The van der Waals surface area contributed by atoms with Crippen LogP contribution in [0.1, 0.15) is 38.5 Å². The Kier molecular flexibility index (Phi) is 3.31. The van der Waals surface area contributed by atoms with Gasteiger partial charge in [0.05, 0.1) is 0 Å². The van der Waals surface area contributed by atoms with Gasteiger partial charge < -0.3 is 0 Å². The van der Waals surface area contributed by atoms with Crippen LogP contribution in [0.4, 0.5) is 0 Å². The van der Waals surface area contributed by atoms with E-state index in [4.69, 9.17) is 0 Å². The van der Waals surface area contributed by atoms with E-state index in [-0.39, 0.29) is 0 Å². The summed E-state index contributed by atoms with van der Waals surface area (Å²) in [6, 6.07) is 0. The molecule has 0 spiro atoms. The van der Waals surface area contributed by atoms with Crippen molar-refractivity contribution in [1.29, 1.82) is 0 Å². The lowest BCUT2D eigenvalue weighted by Gasteiger charge is -2.22. The van der Waals surface area contributed by atoms with E-state index in [1.807, 2.05) is 11.8 Å². The second-order valence-electron chi connectivity index (χ2n) is 4.30. The maximum absolute atomic E-state index is 12.0. The Labute approximate surface area is 84.7 Å². The summed E-state index contributed by atoms with van der Waals surface area (Å²) in [5.41, 5.74) is 0. The molecule has 1 aliphatic heterocycles. The molecule has 0 bridgehead atoms. The summed E-state index contributed by atoms with van der Waals surface area (Å²) in [6.45, 7) is 0. The molecule has 1 saturated heterocycles. The largest absolute Gasteiger partial charge is 0.299 e. The maximum atomic E-state index is 12.0. The highest BCUT2D eigenvalue weighted by Crippen LogP contribution is 2.32. The molecule has 1 nitrogen and oxygen atoms in total. The van der Waals surface area contributed by atoms with Gasteiger partial charge in [-0.15, -0.1) is 0 Å². The molecule has 2 rings (SSSR count). The van der Waals surface area contributed by atoms with Crippen molar-refractivity contribution in [1.82, 2.24) is 0 Å². The summed E-state index contributed by atoms with van der Waals surface area (Å²) in [7, 11) is 0. The zero-order valence-electron chi connectivity index (χ0n) is 8.13. The molecule has 1 saturated carbocycles. The van der Waals surface area contributed by atoms with Crippen LogP contribution in [0.5, 0.6) is 0 Å². The normalized spacial score (nSPS) is 30.6. The van der Waals surface area contributed by atoms with Crippen LogP contribution in [-0.2, 0) is 4.79 Å². The summed E-state index contributed by atoms with van der Waals surface area (Å²) in [5, 5.41) is 0. The van der Waals surface area contributed by atoms with E-state index in [0.29, 0.717) is 17.6 Å². The lowest BCUT2D eigenvalue weighted by molar-refractivity contribution is -0.126. The quantitative estimate of drug-likeness (QED) is 0.678. The highest BCUT2D eigenvalue weighted by atomic mass is 32.2. The first kappa shape index (κ1) is 9.57. The number of ketones is 1. The molecule has 1 aliphatic carbocycles. The smallest absolute Gasteiger partial charge is 0.139 e. The second-order valence-corrected chi connectivity index (χ2v) is 5.45. The predicted octanol–water partition coefficient (Wildman–Crippen LogP) is 2.89. The Morgan fingerprint density at radius 1 is 1.00 bits per heavy atom. The lowest BCUT2D eigenvalue weighted by atomic mass is 9.89. The minimum atomic E-state index is 0.418. The molecule has 2 aliphatic rings. The molecule has 74 valence electrons. The molecule has 0 amide bonds. The van der Waals surface area contributed by atoms with Crippen molar-refractivity contribution in [2.45, 2.75) is 38.5 Å². The molecule has 1 atom stereocenters. The van der Waals surface area contributed by atoms with Crippen molar-refractivity contribution < 1.29 is 4.79 Å². The third-order valence-corrected chi connectivity index (χ3v) is 4.54. The zero-order valence-corrected chi connectivity index (χ0v) is 8.94. The summed E-state index contributed by atoms with van der Waals surface area (Å²) in [6.07, 6.45) is 7.36. The van der Waals surface area contributed by atoms with Gasteiger partial charge >= 0.3 is 0 Å². The zero-order chi connectivity index (χ0) is 9.10. The van der Waals surface area contributed by atoms with Crippen LogP contribution in [0.3, 0.4) is 0 Å². The van der Waals surface area contributed by atoms with Gasteiger partial charge in [0.15, 0.2) is 0 Å². The van der Waals surface area contributed by atoms with Crippen LogP contribution in [-0.4, -0.2) is 17.3 Å². The van der Waals surface area contributed by atoms with Gasteiger partial charge in [0.25, 0.3) is 0 Å². The minimum Gasteiger partial charge on any atom is -0.299 e. The average molecular weight is 198 g/mol. The van der Waals surface area contributed by atoms with Crippen LogP contribution < -0.4 is 0 Å². The van der Waals surface area contributed by atoms with Crippen LogP contribution in [0.2, 0.25) is 0 Å². The van der Waals surface area contributed by atoms with Gasteiger partial charge in [-0.3, -0.25) is 4.79 Å². The highest BCUT2D eigenvalue weighted by molar-refractivity contribution is 7.99. The number of rotatable bonds is 2. The van der Waals surface area contributed by atoms with E-state index in [2.05, 4.69) is 0 Å². The maximum Gasteiger partial charge on any atom is 0.139 e.